The van der Waals surface area contributed by atoms with Crippen molar-refractivity contribution in [3.8, 4) is 0 Å². The number of carbonyl (C=O) groups is 2. The van der Waals surface area contributed by atoms with E-state index >= 15 is 0 Å². The van der Waals surface area contributed by atoms with Gasteiger partial charge in [0.25, 0.3) is 0 Å². The summed E-state index contributed by atoms with van der Waals surface area (Å²) >= 11 is 0. The van der Waals surface area contributed by atoms with E-state index < -0.39 is 12.3 Å². The maximum atomic E-state index is 12.1. The molecule has 1 aliphatic heterocycles. The molecule has 1 saturated heterocycles. The Kier molecular flexibility index (Phi) is 12.3. The zero-order valence-electron chi connectivity index (χ0n) is 26.8. The molecule has 0 unspecified atom stereocenters. The third-order valence-electron chi connectivity index (χ3n) is 8.60. The van der Waals surface area contributed by atoms with Gasteiger partial charge in [-0.25, -0.2) is 0 Å². The first-order valence-electron chi connectivity index (χ1n) is 16.3. The molecule has 0 spiro atoms. The molecule has 47 heavy (non-hydrogen) atoms. The van der Waals surface area contributed by atoms with E-state index in [0.717, 1.165) is 35.3 Å². The smallest absolute Gasteiger partial charge is 0.303 e. The highest BCUT2D eigenvalue weighted by Gasteiger charge is 2.39. The van der Waals surface area contributed by atoms with Crippen LogP contribution in [0, 0.1) is 5.92 Å². The number of nitrogens with one attached hydrogen (secondary N) is 1. The van der Waals surface area contributed by atoms with Crippen molar-refractivity contribution in [3.05, 3.63) is 143 Å². The van der Waals surface area contributed by atoms with E-state index in [1.54, 1.807) is 0 Å². The number of ether oxygens (including phenoxy) is 2. The first-order valence-corrected chi connectivity index (χ1v) is 16.3. The summed E-state index contributed by atoms with van der Waals surface area (Å²) in [4.78, 5) is 25.3. The molecule has 0 radical (unpaired) electrons. The number of benzene rings is 4. The summed E-state index contributed by atoms with van der Waals surface area (Å²) in [7, 11) is 0. The minimum Gasteiger partial charge on any atom is -0.481 e. The van der Waals surface area contributed by atoms with Crippen LogP contribution in [0.4, 0.5) is 0 Å². The lowest BCUT2D eigenvalue weighted by atomic mass is 9.89. The van der Waals surface area contributed by atoms with Crippen LogP contribution in [0.5, 0.6) is 0 Å². The van der Waals surface area contributed by atoms with Gasteiger partial charge in [0.1, 0.15) is 0 Å². The fourth-order valence-corrected chi connectivity index (χ4v) is 5.93. The largest absolute Gasteiger partial charge is 0.481 e. The average Bonchev–Trinajstić information content (AvgIpc) is 3.09. The highest BCUT2D eigenvalue weighted by Crippen LogP contribution is 2.42. The number of hydrogen-bond acceptors (Lipinski definition) is 6. The summed E-state index contributed by atoms with van der Waals surface area (Å²) in [5.74, 6) is -1.03. The van der Waals surface area contributed by atoms with Crippen molar-refractivity contribution < 1.29 is 29.3 Å². The van der Waals surface area contributed by atoms with Crippen LogP contribution in [0.25, 0.3) is 0 Å². The number of hydrogen-bond donors (Lipinski definition) is 3. The zero-order valence-corrected chi connectivity index (χ0v) is 26.8. The Labute approximate surface area is 277 Å². The monoisotopic (exact) mass is 636 g/mol. The van der Waals surface area contributed by atoms with Gasteiger partial charge < -0.3 is 25.0 Å². The first kappa shape index (κ1) is 34.0. The molecule has 0 aliphatic carbocycles. The summed E-state index contributed by atoms with van der Waals surface area (Å²) < 4.78 is 13.4. The number of nitrogens with zero attached hydrogens (tertiary/aromatic N) is 1. The molecule has 0 saturated carbocycles. The van der Waals surface area contributed by atoms with Gasteiger partial charge in [0, 0.05) is 50.5 Å². The molecule has 8 nitrogen and oxygen atoms in total. The minimum absolute atomic E-state index is 0.0151. The third-order valence-corrected chi connectivity index (χ3v) is 8.60. The first-order chi connectivity index (χ1) is 22.9. The number of aliphatic hydroxyl groups excluding tert-OH is 1. The Bertz CT molecular complexity index is 1500. The van der Waals surface area contributed by atoms with E-state index in [9.17, 15) is 14.7 Å². The minimum atomic E-state index is -0.901. The van der Waals surface area contributed by atoms with E-state index in [4.69, 9.17) is 14.6 Å². The Balaban J connectivity index is 1.34. The molecule has 0 bridgehead atoms. The van der Waals surface area contributed by atoms with Crippen molar-refractivity contribution in [1.29, 1.82) is 0 Å². The second-order valence-electron chi connectivity index (χ2n) is 12.2. The van der Waals surface area contributed by atoms with Crippen LogP contribution in [-0.2, 0) is 45.3 Å². The Morgan fingerprint density at radius 3 is 1.87 bits per heavy atom. The number of carbonyl (C=O) groups excluding carboxylic acids is 1. The fourth-order valence-electron chi connectivity index (χ4n) is 5.93. The van der Waals surface area contributed by atoms with Crippen LogP contribution in [0.15, 0.2) is 109 Å². The molecule has 0 aromatic heterocycles. The average molecular weight is 637 g/mol. The molecule has 4 aromatic carbocycles. The molecule has 1 heterocycles. The summed E-state index contributed by atoms with van der Waals surface area (Å²) in [6.45, 7) is 4.77. The van der Waals surface area contributed by atoms with Crippen LogP contribution in [0.3, 0.4) is 0 Å². The molecular formula is C39H44N2O6. The van der Waals surface area contributed by atoms with Crippen LogP contribution < -0.4 is 5.32 Å². The van der Waals surface area contributed by atoms with Crippen LogP contribution in [0.1, 0.15) is 72.0 Å². The Hall–Kier alpha value is -4.34. The molecule has 1 fully saturated rings. The van der Waals surface area contributed by atoms with Crippen molar-refractivity contribution in [2.24, 2.45) is 5.92 Å². The number of carboxylic acids is 1. The third kappa shape index (κ3) is 10.1. The quantitative estimate of drug-likeness (QED) is 0.136. The number of rotatable bonds is 15. The summed E-state index contributed by atoms with van der Waals surface area (Å²) in [6.07, 6.45) is -0.506. The van der Waals surface area contributed by atoms with E-state index in [2.05, 4.69) is 65.7 Å². The Morgan fingerprint density at radius 1 is 0.723 bits per heavy atom. The standard InChI is InChI=1S/C39H44N2O6/c1-28-35(26-41(24-30-9-4-2-5-10-30)25-31-11-6-3-7-12-31)46-39(47-38(28)33-19-17-32(27-42)18-20-33)34-21-15-29(16-22-34)23-40-36(43)13-8-14-37(44)45/h2-7,9-12,15-22,28,35,38-39,42H,8,13-14,23-27H2,1H3,(H,40,43)(H,44,45)/t28-,35+,38+,39+/m1/s1. The molecule has 3 N–H and O–H groups in total. The van der Waals surface area contributed by atoms with Crippen LogP contribution in [-0.4, -0.2) is 39.6 Å². The van der Waals surface area contributed by atoms with Gasteiger partial charge in [0.05, 0.1) is 18.8 Å². The maximum absolute atomic E-state index is 12.1. The van der Waals surface area contributed by atoms with Gasteiger partial charge in [-0.3, -0.25) is 14.5 Å². The molecule has 246 valence electrons. The van der Waals surface area contributed by atoms with Crippen molar-refractivity contribution >= 4 is 11.9 Å². The zero-order chi connectivity index (χ0) is 33.0. The van der Waals surface area contributed by atoms with Gasteiger partial charge in [0.15, 0.2) is 6.29 Å². The summed E-state index contributed by atoms with van der Waals surface area (Å²) in [6, 6.07) is 36.7. The van der Waals surface area contributed by atoms with Gasteiger partial charge >= 0.3 is 5.97 Å². The van der Waals surface area contributed by atoms with Gasteiger partial charge in [0.2, 0.25) is 5.91 Å². The van der Waals surface area contributed by atoms with Crippen LogP contribution >= 0.6 is 0 Å². The fraction of sp³-hybridized carbons (Fsp3) is 0.333. The maximum Gasteiger partial charge on any atom is 0.303 e. The van der Waals surface area contributed by atoms with Gasteiger partial charge in [-0.1, -0.05) is 116 Å². The SMILES string of the molecule is C[C@@H]1[C@H](CN(Cc2ccccc2)Cc2ccccc2)O[C@H](c2ccc(CNC(=O)CCCC(=O)O)cc2)O[C@@H]1c1ccc(CO)cc1. The highest BCUT2D eigenvalue weighted by atomic mass is 16.7. The number of aliphatic carboxylic acids is 1. The molecule has 4 atom stereocenters. The van der Waals surface area contributed by atoms with Crippen molar-refractivity contribution in [3.63, 3.8) is 0 Å². The molecule has 1 aliphatic rings. The second kappa shape index (κ2) is 17.0. The molecule has 8 heteroatoms. The van der Waals surface area contributed by atoms with Crippen LogP contribution in [0.2, 0.25) is 0 Å². The molecule has 4 aromatic rings. The predicted octanol–water partition coefficient (Wildman–Crippen LogP) is 6.54. The Morgan fingerprint density at radius 2 is 1.30 bits per heavy atom. The van der Waals surface area contributed by atoms with Crippen molar-refractivity contribution in [2.45, 2.75) is 70.9 Å². The number of amides is 1. The second-order valence-corrected chi connectivity index (χ2v) is 12.2. The van der Waals surface area contributed by atoms with Crippen molar-refractivity contribution in [1.82, 2.24) is 10.2 Å². The predicted molar refractivity (Wildman–Crippen MR) is 180 cm³/mol. The van der Waals surface area contributed by atoms with E-state index in [1.807, 2.05) is 60.7 Å². The summed E-state index contributed by atoms with van der Waals surface area (Å²) in [5.41, 5.74) is 6.17. The van der Waals surface area contributed by atoms with Crippen molar-refractivity contribution in [2.75, 3.05) is 6.54 Å². The van der Waals surface area contributed by atoms with Gasteiger partial charge in [-0.2, -0.15) is 0 Å². The highest BCUT2D eigenvalue weighted by molar-refractivity contribution is 5.76. The molecule has 1 amide bonds. The summed E-state index contributed by atoms with van der Waals surface area (Å²) in [5, 5.41) is 21.3. The van der Waals surface area contributed by atoms with E-state index in [0.29, 0.717) is 19.5 Å². The van der Waals surface area contributed by atoms with E-state index in [-0.39, 0.29) is 43.5 Å². The lowest BCUT2D eigenvalue weighted by molar-refractivity contribution is -0.276. The lowest BCUT2D eigenvalue weighted by Gasteiger charge is -2.43. The number of carboxylic acid groups (broad SMARTS) is 1. The number of aliphatic hydroxyl groups is 1. The normalized spacial score (nSPS) is 19.4. The van der Waals surface area contributed by atoms with Gasteiger partial charge in [-0.05, 0) is 34.2 Å². The van der Waals surface area contributed by atoms with E-state index in [1.165, 1.54) is 11.1 Å². The lowest BCUT2D eigenvalue weighted by Crippen LogP contribution is -2.44. The molecule has 5 rings (SSSR count). The van der Waals surface area contributed by atoms with Gasteiger partial charge in [-0.15, -0.1) is 0 Å². The topological polar surface area (TPSA) is 108 Å². The molecular weight excluding hydrogens is 592 g/mol.